The number of carbonyl (C=O) groups is 3. The number of amides is 3. The summed E-state index contributed by atoms with van der Waals surface area (Å²) < 4.78 is 0. The number of nitrogens with one attached hydrogen (secondary N) is 2. The summed E-state index contributed by atoms with van der Waals surface area (Å²) >= 11 is 0. The summed E-state index contributed by atoms with van der Waals surface area (Å²) in [4.78, 5) is 35.1. The molecular weight excluding hydrogens is 306 g/mol. The Balaban J connectivity index is 1.72. The summed E-state index contributed by atoms with van der Waals surface area (Å²) in [6.07, 6.45) is 1.07. The van der Waals surface area contributed by atoms with E-state index in [1.54, 1.807) is 0 Å². The molecule has 0 bridgehead atoms. The van der Waals surface area contributed by atoms with Gasteiger partial charge in [0.25, 0.3) is 0 Å². The third-order valence-corrected chi connectivity index (χ3v) is 4.23. The van der Waals surface area contributed by atoms with Crippen LogP contribution in [-0.4, -0.2) is 29.8 Å². The Hall–Kier alpha value is -2.89. The van der Waals surface area contributed by atoms with Crippen molar-refractivity contribution < 1.29 is 14.4 Å². The lowest BCUT2D eigenvalue weighted by Gasteiger charge is -2.18. The SMILES string of the molecule is NC(=O)[C@H](Cc1ccc2ccccc2c1)NC(=O)[C@H]1CCC(=O)N1. The minimum atomic E-state index is -0.809. The van der Waals surface area contributed by atoms with Crippen LogP contribution in [0.5, 0.6) is 0 Å². The van der Waals surface area contributed by atoms with Crippen molar-refractivity contribution in [2.45, 2.75) is 31.3 Å². The molecule has 0 spiro atoms. The third-order valence-electron chi connectivity index (χ3n) is 4.23. The molecule has 24 heavy (non-hydrogen) atoms. The van der Waals surface area contributed by atoms with E-state index in [1.165, 1.54) is 0 Å². The van der Waals surface area contributed by atoms with Gasteiger partial charge in [-0.15, -0.1) is 0 Å². The molecule has 0 saturated carbocycles. The highest BCUT2D eigenvalue weighted by atomic mass is 16.2. The molecule has 1 fully saturated rings. The molecule has 0 aliphatic carbocycles. The smallest absolute Gasteiger partial charge is 0.243 e. The molecule has 1 aliphatic rings. The van der Waals surface area contributed by atoms with Crippen LogP contribution < -0.4 is 16.4 Å². The number of primary amides is 1. The molecule has 2 aromatic rings. The van der Waals surface area contributed by atoms with Crippen LogP contribution in [0.25, 0.3) is 10.8 Å². The molecule has 2 atom stereocenters. The summed E-state index contributed by atoms with van der Waals surface area (Å²) in [5.41, 5.74) is 6.34. The van der Waals surface area contributed by atoms with Crippen molar-refractivity contribution in [3.63, 3.8) is 0 Å². The number of hydrogen-bond acceptors (Lipinski definition) is 3. The molecule has 3 rings (SSSR count). The first-order chi connectivity index (χ1) is 11.5. The zero-order chi connectivity index (χ0) is 17.1. The quantitative estimate of drug-likeness (QED) is 0.751. The lowest BCUT2D eigenvalue weighted by molar-refractivity contribution is -0.129. The molecule has 1 saturated heterocycles. The lowest BCUT2D eigenvalue weighted by atomic mass is 10.0. The van der Waals surface area contributed by atoms with E-state index in [0.29, 0.717) is 19.3 Å². The second-order valence-electron chi connectivity index (χ2n) is 6.01. The average molecular weight is 325 g/mol. The molecule has 1 heterocycles. The normalized spacial score (nSPS) is 18.2. The van der Waals surface area contributed by atoms with E-state index < -0.39 is 18.0 Å². The standard InChI is InChI=1S/C18H19N3O3/c19-17(23)15(21-18(24)14-7-8-16(22)20-14)10-11-5-6-12-3-1-2-4-13(12)9-11/h1-6,9,14-15H,7-8,10H2,(H2,19,23)(H,20,22)(H,21,24)/t14-,15+/m1/s1. The number of fused-ring (bicyclic) bond motifs is 1. The molecule has 6 nitrogen and oxygen atoms in total. The molecule has 4 N–H and O–H groups in total. The van der Waals surface area contributed by atoms with Crippen molar-refractivity contribution >= 4 is 28.5 Å². The Kier molecular flexibility index (Phi) is 4.46. The Morgan fingerprint density at radius 3 is 2.62 bits per heavy atom. The van der Waals surface area contributed by atoms with E-state index in [2.05, 4.69) is 10.6 Å². The van der Waals surface area contributed by atoms with Gasteiger partial charge in [0.15, 0.2) is 0 Å². The molecule has 0 unspecified atom stereocenters. The van der Waals surface area contributed by atoms with E-state index in [9.17, 15) is 14.4 Å². The van der Waals surface area contributed by atoms with Crippen molar-refractivity contribution in [1.82, 2.24) is 10.6 Å². The Morgan fingerprint density at radius 1 is 1.21 bits per heavy atom. The van der Waals surface area contributed by atoms with Gasteiger partial charge in [-0.2, -0.15) is 0 Å². The van der Waals surface area contributed by atoms with Crippen molar-refractivity contribution in [3.05, 3.63) is 48.0 Å². The zero-order valence-electron chi connectivity index (χ0n) is 13.1. The van der Waals surface area contributed by atoms with Crippen molar-refractivity contribution in [1.29, 1.82) is 0 Å². The number of carbonyl (C=O) groups excluding carboxylic acids is 3. The fraction of sp³-hybridized carbons (Fsp3) is 0.278. The van der Waals surface area contributed by atoms with Crippen LogP contribution in [0.3, 0.4) is 0 Å². The fourth-order valence-electron chi connectivity index (χ4n) is 2.91. The molecule has 3 amide bonds. The van der Waals surface area contributed by atoms with Crippen LogP contribution in [0.1, 0.15) is 18.4 Å². The van der Waals surface area contributed by atoms with Gasteiger partial charge in [-0.05, 0) is 22.8 Å². The maximum absolute atomic E-state index is 12.2. The summed E-state index contributed by atoms with van der Waals surface area (Å²) in [5, 5.41) is 7.40. The molecular formula is C18H19N3O3. The Labute approximate surface area is 139 Å². The molecule has 1 aliphatic heterocycles. The second-order valence-corrected chi connectivity index (χ2v) is 6.01. The van der Waals surface area contributed by atoms with Gasteiger partial charge in [-0.1, -0.05) is 42.5 Å². The highest BCUT2D eigenvalue weighted by Crippen LogP contribution is 2.17. The average Bonchev–Trinajstić information content (AvgIpc) is 3.00. The number of nitrogens with two attached hydrogens (primary N) is 1. The maximum Gasteiger partial charge on any atom is 0.243 e. The second kappa shape index (κ2) is 6.70. The van der Waals surface area contributed by atoms with Crippen molar-refractivity contribution in [3.8, 4) is 0 Å². The van der Waals surface area contributed by atoms with Crippen LogP contribution in [0.2, 0.25) is 0 Å². The van der Waals surface area contributed by atoms with Crippen LogP contribution in [-0.2, 0) is 20.8 Å². The lowest BCUT2D eigenvalue weighted by Crippen LogP contribution is -2.51. The van der Waals surface area contributed by atoms with E-state index in [4.69, 9.17) is 5.73 Å². The fourth-order valence-corrected chi connectivity index (χ4v) is 2.91. The predicted molar refractivity (Wildman–Crippen MR) is 89.9 cm³/mol. The number of hydrogen-bond donors (Lipinski definition) is 3. The highest BCUT2D eigenvalue weighted by molar-refractivity contribution is 5.93. The van der Waals surface area contributed by atoms with Crippen LogP contribution >= 0.6 is 0 Å². The topological polar surface area (TPSA) is 101 Å². The minimum absolute atomic E-state index is 0.152. The van der Waals surface area contributed by atoms with E-state index in [1.807, 2.05) is 42.5 Å². The van der Waals surface area contributed by atoms with Gasteiger partial charge in [0, 0.05) is 12.8 Å². The summed E-state index contributed by atoms with van der Waals surface area (Å²) in [6, 6.07) is 12.4. The molecule has 6 heteroatoms. The maximum atomic E-state index is 12.2. The van der Waals surface area contributed by atoms with Gasteiger partial charge >= 0.3 is 0 Å². The Morgan fingerprint density at radius 2 is 1.96 bits per heavy atom. The molecule has 2 aromatic carbocycles. The first-order valence-corrected chi connectivity index (χ1v) is 7.89. The molecule has 124 valence electrons. The molecule has 0 radical (unpaired) electrons. The van der Waals surface area contributed by atoms with Gasteiger partial charge in [0.05, 0.1) is 0 Å². The van der Waals surface area contributed by atoms with E-state index in [0.717, 1.165) is 16.3 Å². The van der Waals surface area contributed by atoms with Crippen LogP contribution in [0.15, 0.2) is 42.5 Å². The Bertz CT molecular complexity index is 803. The van der Waals surface area contributed by atoms with Crippen molar-refractivity contribution in [2.75, 3.05) is 0 Å². The van der Waals surface area contributed by atoms with Gasteiger partial charge in [-0.3, -0.25) is 14.4 Å². The molecule has 0 aromatic heterocycles. The van der Waals surface area contributed by atoms with Gasteiger partial charge in [-0.25, -0.2) is 0 Å². The highest BCUT2D eigenvalue weighted by Gasteiger charge is 2.29. The predicted octanol–water partition coefficient (Wildman–Crippen LogP) is 0.631. The third kappa shape index (κ3) is 3.53. The van der Waals surface area contributed by atoms with Crippen LogP contribution in [0.4, 0.5) is 0 Å². The van der Waals surface area contributed by atoms with E-state index >= 15 is 0 Å². The van der Waals surface area contributed by atoms with Gasteiger partial charge in [0.2, 0.25) is 17.7 Å². The first-order valence-electron chi connectivity index (χ1n) is 7.89. The number of benzene rings is 2. The minimum Gasteiger partial charge on any atom is -0.368 e. The van der Waals surface area contributed by atoms with Crippen LogP contribution in [0, 0.1) is 0 Å². The zero-order valence-corrected chi connectivity index (χ0v) is 13.1. The summed E-state index contributed by atoms with van der Waals surface area (Å²) in [7, 11) is 0. The monoisotopic (exact) mass is 325 g/mol. The van der Waals surface area contributed by atoms with Crippen molar-refractivity contribution in [2.24, 2.45) is 5.73 Å². The number of rotatable bonds is 5. The van der Waals surface area contributed by atoms with Gasteiger partial charge in [0.1, 0.15) is 12.1 Å². The largest absolute Gasteiger partial charge is 0.368 e. The summed E-state index contributed by atoms with van der Waals surface area (Å²) in [5.74, 6) is -1.12. The van der Waals surface area contributed by atoms with Gasteiger partial charge < -0.3 is 16.4 Å². The summed E-state index contributed by atoms with van der Waals surface area (Å²) in [6.45, 7) is 0. The van der Waals surface area contributed by atoms with E-state index in [-0.39, 0.29) is 11.8 Å². The first kappa shape index (κ1) is 16.0.